The molecule has 5 heteroatoms. The van der Waals surface area contributed by atoms with E-state index in [1.807, 2.05) is 6.92 Å². The van der Waals surface area contributed by atoms with Gasteiger partial charge in [-0.15, -0.1) is 0 Å². The van der Waals surface area contributed by atoms with Crippen molar-refractivity contribution >= 4 is 27.7 Å². The Labute approximate surface area is 107 Å². The predicted molar refractivity (Wildman–Crippen MR) is 68.9 cm³/mol. The molecule has 0 aliphatic rings. The third-order valence-electron chi connectivity index (χ3n) is 2.19. The van der Waals surface area contributed by atoms with Gasteiger partial charge in [-0.2, -0.15) is 0 Å². The molecule has 86 valence electrons. The Morgan fingerprint density at radius 2 is 2.18 bits per heavy atom. The van der Waals surface area contributed by atoms with Gasteiger partial charge in [-0.05, 0) is 46.6 Å². The highest BCUT2D eigenvalue weighted by Gasteiger charge is 2.07. The van der Waals surface area contributed by atoms with Gasteiger partial charge in [0.05, 0.1) is 0 Å². The second kappa shape index (κ2) is 5.05. The highest BCUT2D eigenvalue weighted by Crippen LogP contribution is 2.17. The Kier molecular flexibility index (Phi) is 3.49. The third-order valence-corrected chi connectivity index (χ3v) is 3.02. The molecule has 0 saturated heterocycles. The zero-order valence-corrected chi connectivity index (χ0v) is 10.7. The number of halogens is 1. The van der Waals surface area contributed by atoms with Gasteiger partial charge in [0.2, 0.25) is 0 Å². The van der Waals surface area contributed by atoms with Crippen LogP contribution in [0.2, 0.25) is 0 Å². The maximum absolute atomic E-state index is 11.8. The van der Waals surface area contributed by atoms with Crippen LogP contribution in [0.25, 0.3) is 0 Å². The molecule has 0 aliphatic heterocycles. The quantitative estimate of drug-likeness (QED) is 0.926. The fraction of sp³-hybridized carbons (Fsp3) is 0.0833. The summed E-state index contributed by atoms with van der Waals surface area (Å²) in [6.45, 7) is 1.93. The Morgan fingerprint density at radius 1 is 1.35 bits per heavy atom. The van der Waals surface area contributed by atoms with E-state index >= 15 is 0 Å². The van der Waals surface area contributed by atoms with Crippen molar-refractivity contribution in [3.63, 3.8) is 0 Å². The fourth-order valence-corrected chi connectivity index (χ4v) is 1.50. The average Bonchev–Trinajstić information content (AvgIpc) is 2.35. The molecule has 0 fully saturated rings. The molecule has 0 unspecified atom stereocenters. The summed E-state index contributed by atoms with van der Waals surface area (Å²) in [5.41, 5.74) is 1.38. The van der Waals surface area contributed by atoms with Crippen molar-refractivity contribution < 1.29 is 4.79 Å². The van der Waals surface area contributed by atoms with Gasteiger partial charge in [-0.3, -0.25) is 9.78 Å². The number of hydrogen-bond acceptors (Lipinski definition) is 3. The molecule has 0 spiro atoms. The normalized spacial score (nSPS) is 10.0. The molecule has 1 amide bonds. The summed E-state index contributed by atoms with van der Waals surface area (Å²) in [5, 5.41) is 2.69. The highest BCUT2D eigenvalue weighted by molar-refractivity contribution is 9.10. The third kappa shape index (κ3) is 2.88. The highest BCUT2D eigenvalue weighted by atomic mass is 79.9. The topological polar surface area (TPSA) is 54.9 Å². The fourth-order valence-electron chi connectivity index (χ4n) is 1.29. The van der Waals surface area contributed by atoms with Crippen LogP contribution >= 0.6 is 15.9 Å². The lowest BCUT2D eigenvalue weighted by atomic mass is 10.3. The van der Waals surface area contributed by atoms with Crippen molar-refractivity contribution in [1.82, 2.24) is 9.97 Å². The summed E-state index contributed by atoms with van der Waals surface area (Å²) in [5.74, 6) is 0.251. The van der Waals surface area contributed by atoms with Gasteiger partial charge in [-0.1, -0.05) is 6.07 Å². The molecule has 2 heterocycles. The summed E-state index contributed by atoms with van der Waals surface area (Å²) >= 11 is 3.35. The van der Waals surface area contributed by atoms with E-state index in [2.05, 4.69) is 31.2 Å². The molecule has 2 rings (SSSR count). The Balaban J connectivity index is 2.16. The number of aromatic nitrogens is 2. The van der Waals surface area contributed by atoms with Crippen molar-refractivity contribution in [3.05, 3.63) is 52.4 Å². The minimum absolute atomic E-state index is 0.264. The molecule has 2 aromatic rings. The van der Waals surface area contributed by atoms with Crippen molar-refractivity contribution in [3.8, 4) is 0 Å². The number of amides is 1. The first-order valence-electron chi connectivity index (χ1n) is 5.01. The van der Waals surface area contributed by atoms with Crippen LogP contribution in [0, 0.1) is 6.92 Å². The number of aryl methyl sites for hydroxylation is 1. The molecule has 2 aromatic heterocycles. The number of nitrogens with one attached hydrogen (secondary N) is 1. The van der Waals surface area contributed by atoms with Gasteiger partial charge in [-0.25, -0.2) is 4.98 Å². The lowest BCUT2D eigenvalue weighted by Crippen LogP contribution is -2.14. The maximum atomic E-state index is 11.8. The van der Waals surface area contributed by atoms with Gasteiger partial charge >= 0.3 is 0 Å². The summed E-state index contributed by atoms with van der Waals surface area (Å²) in [6.07, 6.45) is 3.23. The molecular weight excluding hydrogens is 282 g/mol. The van der Waals surface area contributed by atoms with Gasteiger partial charge in [0.25, 0.3) is 5.91 Å². The number of pyridine rings is 2. The summed E-state index contributed by atoms with van der Waals surface area (Å²) in [7, 11) is 0. The minimum atomic E-state index is -0.264. The summed E-state index contributed by atoms with van der Waals surface area (Å²) < 4.78 is 0.910. The first-order valence-corrected chi connectivity index (χ1v) is 5.80. The number of hydrogen-bond donors (Lipinski definition) is 1. The maximum Gasteiger partial charge on any atom is 0.275 e. The Bertz CT molecular complexity index is 543. The lowest BCUT2D eigenvalue weighted by Gasteiger charge is -2.05. The van der Waals surface area contributed by atoms with Crippen LogP contribution in [0.3, 0.4) is 0 Å². The Morgan fingerprint density at radius 3 is 2.82 bits per heavy atom. The van der Waals surface area contributed by atoms with E-state index in [4.69, 9.17) is 0 Å². The van der Waals surface area contributed by atoms with Crippen LogP contribution in [0.4, 0.5) is 5.82 Å². The second-order valence-electron chi connectivity index (χ2n) is 3.49. The molecule has 0 aromatic carbocycles. The minimum Gasteiger partial charge on any atom is -0.305 e. The molecule has 0 bridgehead atoms. The zero-order chi connectivity index (χ0) is 12.3. The van der Waals surface area contributed by atoms with Crippen LogP contribution in [0.15, 0.2) is 41.1 Å². The van der Waals surface area contributed by atoms with E-state index in [0.29, 0.717) is 11.5 Å². The van der Waals surface area contributed by atoms with E-state index < -0.39 is 0 Å². The molecule has 4 nitrogen and oxygen atoms in total. The largest absolute Gasteiger partial charge is 0.305 e. The number of anilines is 1. The van der Waals surface area contributed by atoms with E-state index in [9.17, 15) is 4.79 Å². The second-order valence-corrected chi connectivity index (χ2v) is 4.34. The lowest BCUT2D eigenvalue weighted by molar-refractivity contribution is 0.102. The molecule has 0 saturated carbocycles. The van der Waals surface area contributed by atoms with Crippen molar-refractivity contribution in [2.75, 3.05) is 5.32 Å². The monoisotopic (exact) mass is 291 g/mol. The van der Waals surface area contributed by atoms with Gasteiger partial charge in [0.15, 0.2) is 0 Å². The summed E-state index contributed by atoms with van der Waals surface area (Å²) in [6, 6.07) is 6.98. The van der Waals surface area contributed by atoms with Gasteiger partial charge in [0.1, 0.15) is 11.5 Å². The molecular formula is C12H10BrN3O. The van der Waals surface area contributed by atoms with Crippen LogP contribution in [-0.4, -0.2) is 15.9 Å². The molecule has 17 heavy (non-hydrogen) atoms. The number of carbonyl (C=O) groups is 1. The van der Waals surface area contributed by atoms with E-state index in [1.165, 1.54) is 0 Å². The first kappa shape index (κ1) is 11.7. The van der Waals surface area contributed by atoms with Gasteiger partial charge in [0, 0.05) is 16.9 Å². The van der Waals surface area contributed by atoms with Crippen molar-refractivity contribution in [2.45, 2.75) is 6.92 Å². The smallest absolute Gasteiger partial charge is 0.275 e. The molecule has 0 atom stereocenters. The van der Waals surface area contributed by atoms with E-state index in [-0.39, 0.29) is 5.91 Å². The van der Waals surface area contributed by atoms with Crippen LogP contribution in [-0.2, 0) is 0 Å². The van der Waals surface area contributed by atoms with Gasteiger partial charge < -0.3 is 5.32 Å². The van der Waals surface area contributed by atoms with E-state index in [0.717, 1.165) is 10.0 Å². The Hall–Kier alpha value is -1.75. The predicted octanol–water partition coefficient (Wildman–Crippen LogP) is 2.80. The summed E-state index contributed by atoms with van der Waals surface area (Å²) in [4.78, 5) is 19.8. The standard InChI is InChI=1S/C12H10BrN3O/c1-8-6-11(15-7-9(8)13)16-12(17)10-4-2-3-5-14-10/h2-7H,1H3,(H,15,16,17). The molecule has 0 radical (unpaired) electrons. The number of rotatable bonds is 2. The van der Waals surface area contributed by atoms with Crippen molar-refractivity contribution in [1.29, 1.82) is 0 Å². The van der Waals surface area contributed by atoms with Crippen LogP contribution in [0.5, 0.6) is 0 Å². The van der Waals surface area contributed by atoms with Crippen molar-refractivity contribution in [2.24, 2.45) is 0 Å². The van der Waals surface area contributed by atoms with Crippen LogP contribution < -0.4 is 5.32 Å². The van der Waals surface area contributed by atoms with Crippen LogP contribution in [0.1, 0.15) is 16.1 Å². The molecule has 0 aliphatic carbocycles. The first-order chi connectivity index (χ1) is 8.16. The average molecular weight is 292 g/mol. The SMILES string of the molecule is Cc1cc(NC(=O)c2ccccn2)ncc1Br. The number of carbonyl (C=O) groups excluding carboxylic acids is 1. The number of nitrogens with zero attached hydrogens (tertiary/aromatic N) is 2. The zero-order valence-electron chi connectivity index (χ0n) is 9.14. The molecule has 1 N–H and O–H groups in total. The van der Waals surface area contributed by atoms with E-state index in [1.54, 1.807) is 36.7 Å².